The molecule has 9 nitrogen and oxygen atoms in total. The van der Waals surface area contributed by atoms with Gasteiger partial charge in [-0.1, -0.05) is 18.7 Å². The fourth-order valence-corrected chi connectivity index (χ4v) is 5.34. The van der Waals surface area contributed by atoms with Gasteiger partial charge in [0.2, 0.25) is 5.91 Å². The Balaban J connectivity index is 1.73. The van der Waals surface area contributed by atoms with Crippen molar-refractivity contribution in [2.24, 2.45) is 11.8 Å². The molecule has 2 amide bonds. The number of carbonyl (C=O) groups is 3. The number of fused-ring (bicyclic) bond motifs is 1. The van der Waals surface area contributed by atoms with Crippen LogP contribution in [0, 0.1) is 11.8 Å². The summed E-state index contributed by atoms with van der Waals surface area (Å²) in [4.78, 5) is 41.9. The Morgan fingerprint density at radius 3 is 2.83 bits per heavy atom. The number of nitrogens with one attached hydrogen (secondary N) is 1. The Bertz CT molecular complexity index is 894. The van der Waals surface area contributed by atoms with Crippen molar-refractivity contribution >= 4 is 47.0 Å². The van der Waals surface area contributed by atoms with E-state index >= 15 is 0 Å². The molecule has 0 aliphatic carbocycles. The predicted molar refractivity (Wildman–Crippen MR) is 108 cm³/mol. The number of aromatic nitrogens is 1. The number of rotatable bonds is 8. The minimum absolute atomic E-state index is 0.0396. The van der Waals surface area contributed by atoms with Crippen LogP contribution in [0.5, 0.6) is 0 Å². The lowest BCUT2D eigenvalue weighted by atomic mass is 9.79. The Morgan fingerprint density at radius 2 is 2.21 bits per heavy atom. The highest BCUT2D eigenvalue weighted by Crippen LogP contribution is 2.50. The molecular weight excluding hydrogens is 418 g/mol. The van der Waals surface area contributed by atoms with Crippen molar-refractivity contribution in [3.8, 4) is 0 Å². The maximum atomic E-state index is 12.3. The van der Waals surface area contributed by atoms with Gasteiger partial charge < -0.3 is 25.5 Å². The predicted octanol–water partition coefficient (Wildman–Crippen LogP) is 0.723. The summed E-state index contributed by atoms with van der Waals surface area (Å²) in [5.41, 5.74) is 0.199. The van der Waals surface area contributed by atoms with Gasteiger partial charge in [0.1, 0.15) is 16.4 Å². The van der Waals surface area contributed by atoms with Crippen molar-refractivity contribution in [1.82, 2.24) is 15.2 Å². The number of hydrogen-bond donors (Lipinski definition) is 4. The zero-order chi connectivity index (χ0) is 21.3. The van der Waals surface area contributed by atoms with Crippen LogP contribution in [-0.4, -0.2) is 68.3 Å². The van der Waals surface area contributed by atoms with Gasteiger partial charge in [-0.15, -0.1) is 11.3 Å². The Morgan fingerprint density at radius 1 is 1.48 bits per heavy atom. The van der Waals surface area contributed by atoms with Crippen LogP contribution in [0.3, 0.4) is 0 Å². The molecule has 0 aromatic carbocycles. The smallest absolute Gasteiger partial charge is 0.353 e. The molecule has 2 aliphatic rings. The van der Waals surface area contributed by atoms with E-state index in [1.165, 1.54) is 34.9 Å². The minimum atomic E-state index is -1.18. The van der Waals surface area contributed by atoms with Crippen molar-refractivity contribution in [1.29, 1.82) is 0 Å². The molecule has 3 rings (SSSR count). The van der Waals surface area contributed by atoms with Gasteiger partial charge >= 0.3 is 5.97 Å². The first-order valence-corrected chi connectivity index (χ1v) is 10.7. The second kappa shape index (κ2) is 8.66. The van der Waals surface area contributed by atoms with E-state index in [9.17, 15) is 24.6 Å². The lowest BCUT2D eigenvalue weighted by molar-refractivity contribution is -0.163. The highest BCUT2D eigenvalue weighted by atomic mass is 32.2. The monoisotopic (exact) mass is 439 g/mol. The van der Waals surface area contributed by atoms with E-state index < -0.39 is 18.0 Å². The lowest BCUT2D eigenvalue weighted by Crippen LogP contribution is -2.63. The number of carboxylic acid groups (broad SMARTS) is 1. The number of amides is 2. The molecule has 0 bridgehead atoms. The normalized spacial score (nSPS) is 24.6. The second-order valence-electron chi connectivity index (χ2n) is 6.74. The van der Waals surface area contributed by atoms with Crippen LogP contribution in [0.4, 0.5) is 0 Å². The van der Waals surface area contributed by atoms with Gasteiger partial charge in [-0.2, -0.15) is 0 Å². The highest BCUT2D eigenvalue weighted by molar-refractivity contribution is 8.06. The molecule has 156 valence electrons. The summed E-state index contributed by atoms with van der Waals surface area (Å²) in [5.74, 6) is -2.74. The second-order valence-corrected chi connectivity index (χ2v) is 8.58. The van der Waals surface area contributed by atoms with Gasteiger partial charge in [0.05, 0.1) is 24.7 Å². The minimum Gasteiger partial charge on any atom is -0.477 e. The first kappa shape index (κ1) is 21.5. The van der Waals surface area contributed by atoms with E-state index in [2.05, 4.69) is 10.3 Å². The Labute approximate surface area is 175 Å². The first-order valence-electron chi connectivity index (χ1n) is 8.94. The van der Waals surface area contributed by atoms with Crippen LogP contribution in [0.25, 0.3) is 6.08 Å². The average molecular weight is 440 g/mol. The third-order valence-electron chi connectivity index (χ3n) is 4.87. The number of carbonyl (C=O) groups excluding carboxylic acids is 2. The molecule has 3 heterocycles. The molecule has 1 saturated heterocycles. The van der Waals surface area contributed by atoms with Crippen molar-refractivity contribution in [3.63, 3.8) is 0 Å². The molecule has 2 aliphatic heterocycles. The summed E-state index contributed by atoms with van der Waals surface area (Å²) >= 11 is 2.45. The van der Waals surface area contributed by atoms with Crippen LogP contribution < -0.4 is 5.32 Å². The number of carboxylic acids is 1. The number of nitrogens with zero attached hydrogens (tertiary/aromatic N) is 2. The molecule has 29 heavy (non-hydrogen) atoms. The highest BCUT2D eigenvalue weighted by Gasteiger charge is 2.59. The molecule has 0 saturated carbocycles. The number of hydrogen-bond acceptors (Lipinski definition) is 8. The zero-order valence-electron chi connectivity index (χ0n) is 15.7. The molecule has 1 aromatic heterocycles. The van der Waals surface area contributed by atoms with Gasteiger partial charge in [-0.05, 0) is 18.4 Å². The zero-order valence-corrected chi connectivity index (χ0v) is 17.4. The van der Waals surface area contributed by atoms with Gasteiger partial charge in [0.25, 0.3) is 5.91 Å². The van der Waals surface area contributed by atoms with Crippen LogP contribution in [-0.2, 0) is 9.59 Å². The average Bonchev–Trinajstić information content (AvgIpc) is 3.22. The third kappa shape index (κ3) is 3.95. The molecule has 11 heteroatoms. The van der Waals surface area contributed by atoms with E-state index in [4.69, 9.17) is 5.11 Å². The number of thioether (sulfide) groups is 1. The topological polar surface area (TPSA) is 140 Å². The van der Waals surface area contributed by atoms with Crippen LogP contribution in [0.1, 0.15) is 29.3 Å². The first-order chi connectivity index (χ1) is 13.8. The Kier molecular flexibility index (Phi) is 6.42. The maximum Gasteiger partial charge on any atom is 0.353 e. The molecular formula is C18H21N3O6S2. The SMILES string of the molecule is C[C@@H](O)[C@H]1C(=O)N2C(C(=O)O)=C(S/C=C\c3nc(C(=O)NCCO)cs3)[C@H](C)[C@H]12. The van der Waals surface area contributed by atoms with E-state index in [1.54, 1.807) is 16.9 Å². The van der Waals surface area contributed by atoms with Crippen LogP contribution >= 0.6 is 23.1 Å². The summed E-state index contributed by atoms with van der Waals surface area (Å²) in [7, 11) is 0. The van der Waals surface area contributed by atoms with Gasteiger partial charge in [0.15, 0.2) is 0 Å². The summed E-state index contributed by atoms with van der Waals surface area (Å²) in [6.45, 7) is 3.37. The number of thiazole rings is 1. The van der Waals surface area contributed by atoms with Crippen molar-refractivity contribution in [2.75, 3.05) is 13.2 Å². The van der Waals surface area contributed by atoms with Crippen molar-refractivity contribution in [2.45, 2.75) is 26.0 Å². The molecule has 0 spiro atoms. The molecule has 0 radical (unpaired) electrons. The molecule has 4 N–H and O–H groups in total. The van der Waals surface area contributed by atoms with Crippen LogP contribution in [0.15, 0.2) is 21.4 Å². The maximum absolute atomic E-state index is 12.3. The van der Waals surface area contributed by atoms with Gasteiger partial charge in [-0.3, -0.25) is 9.59 Å². The quantitative estimate of drug-likeness (QED) is 0.435. The van der Waals surface area contributed by atoms with Gasteiger partial charge in [-0.25, -0.2) is 9.78 Å². The Hall–Kier alpha value is -2.21. The van der Waals surface area contributed by atoms with E-state index in [-0.39, 0.29) is 48.3 Å². The molecule has 4 atom stereocenters. The lowest BCUT2D eigenvalue weighted by Gasteiger charge is -2.46. The molecule has 1 aromatic rings. The number of β-lactam (4-membered cyclic amide) rings is 1. The number of aliphatic hydroxyl groups excluding tert-OH is 2. The fourth-order valence-electron chi connectivity index (χ4n) is 3.57. The standard InChI is InChI=1S/C18H21N3O6S2/c1-8-13-12(9(2)23)17(25)21(13)14(18(26)27)15(8)28-6-3-11-20-10(7-29-11)16(24)19-4-5-22/h3,6-9,12-13,22-23H,4-5H2,1-2H3,(H,19,24)(H,26,27)/b6-3-/t8-,9-,12-,13-/m1/s1. The largest absolute Gasteiger partial charge is 0.477 e. The summed E-state index contributed by atoms with van der Waals surface area (Å²) < 4.78 is 0. The summed E-state index contributed by atoms with van der Waals surface area (Å²) in [5, 5.41) is 34.5. The number of aliphatic hydroxyl groups is 2. The molecule has 1 fully saturated rings. The van der Waals surface area contributed by atoms with Gasteiger partial charge in [0, 0.05) is 22.7 Å². The fraction of sp³-hybridized carbons (Fsp3) is 0.444. The third-order valence-corrected chi connectivity index (χ3v) is 6.77. The summed E-state index contributed by atoms with van der Waals surface area (Å²) in [6.07, 6.45) is 0.827. The van der Waals surface area contributed by atoms with E-state index in [1.807, 2.05) is 6.92 Å². The van der Waals surface area contributed by atoms with Crippen LogP contribution in [0.2, 0.25) is 0 Å². The number of aliphatic carboxylic acids is 1. The van der Waals surface area contributed by atoms with E-state index in [0.717, 1.165) is 0 Å². The van der Waals surface area contributed by atoms with Crippen molar-refractivity contribution < 1.29 is 29.7 Å². The van der Waals surface area contributed by atoms with Crippen molar-refractivity contribution in [3.05, 3.63) is 32.1 Å². The van der Waals surface area contributed by atoms with E-state index in [0.29, 0.717) is 9.91 Å². The summed E-state index contributed by atoms with van der Waals surface area (Å²) in [6, 6.07) is -0.355. The molecule has 0 unspecified atom stereocenters.